The molecular formula is CHMoS2-. The predicted molar refractivity (Wildman–Crippen MR) is 21.0 cm³/mol. The van der Waals surface area contributed by atoms with Crippen LogP contribution in [0, 0.1) is 0 Å². The van der Waals surface area contributed by atoms with Crippen LogP contribution in [0.5, 0.6) is 0 Å². The maximum Gasteiger partial charge on any atom is 0 e. The van der Waals surface area contributed by atoms with E-state index >= 15 is 0 Å². The molecule has 0 rings (SSSR count). The molecule has 0 radical (unpaired) electrons. The molecule has 0 bridgehead atoms. The van der Waals surface area contributed by atoms with E-state index < -0.39 is 0 Å². The zero-order valence-corrected chi connectivity index (χ0v) is 5.44. The van der Waals surface area contributed by atoms with Gasteiger partial charge in [0, 0.05) is 21.1 Å². The molecule has 24 valence electrons. The molecule has 0 aliphatic carbocycles. The van der Waals surface area contributed by atoms with Gasteiger partial charge in [0.1, 0.15) is 0 Å². The molecule has 0 heterocycles. The van der Waals surface area contributed by atoms with Gasteiger partial charge in [-0.1, -0.05) is 0 Å². The van der Waals surface area contributed by atoms with Crippen molar-refractivity contribution in [1.82, 2.24) is 0 Å². The Labute approximate surface area is 50.6 Å². The van der Waals surface area contributed by atoms with E-state index in [1.165, 1.54) is 4.70 Å². The molecule has 0 fully saturated rings. The third-order valence-electron chi connectivity index (χ3n) is 0. The first-order valence-electron chi connectivity index (χ1n) is 0.471. The molecule has 0 aromatic rings. The Balaban J connectivity index is 0. The SMILES string of the molecule is S=C[S-].[Mo]. The van der Waals surface area contributed by atoms with Crippen LogP contribution in [0.15, 0.2) is 0 Å². The summed E-state index contributed by atoms with van der Waals surface area (Å²) in [5.74, 6) is 0. The zero-order chi connectivity index (χ0) is 2.71. The Morgan fingerprint density at radius 1 is 1.75 bits per heavy atom. The maximum atomic E-state index is 4.08. The van der Waals surface area contributed by atoms with Gasteiger partial charge in [-0.3, -0.25) is 0 Å². The minimum atomic E-state index is 0. The fraction of sp³-hybridized carbons (Fsp3) is 0. The Hall–Kier alpha value is 0.998. The van der Waals surface area contributed by atoms with Gasteiger partial charge < -0.3 is 24.8 Å². The van der Waals surface area contributed by atoms with E-state index in [9.17, 15) is 0 Å². The minimum Gasteiger partial charge on any atom is -0.436 e. The largest absolute Gasteiger partial charge is 0.436 e. The van der Waals surface area contributed by atoms with Crippen LogP contribution in [-0.2, 0) is 33.7 Å². The molecule has 0 atom stereocenters. The molecule has 0 nitrogen and oxygen atoms in total. The topological polar surface area (TPSA) is 0 Å². The van der Waals surface area contributed by atoms with Crippen LogP contribution < -0.4 is 0 Å². The number of rotatable bonds is 0. The molecule has 4 heavy (non-hydrogen) atoms. The molecular weight excluding hydrogens is 172 g/mol. The summed E-state index contributed by atoms with van der Waals surface area (Å²) in [6.07, 6.45) is 0. The number of hydrogen-bond acceptors (Lipinski definition) is 2. The van der Waals surface area contributed by atoms with Crippen molar-refractivity contribution in [3.8, 4) is 0 Å². The molecule has 3 heteroatoms. The summed E-state index contributed by atoms with van der Waals surface area (Å²) in [4.78, 5) is 0. The first kappa shape index (κ1) is 8.89. The average Bonchev–Trinajstić information content (AvgIpc) is 0.918. The van der Waals surface area contributed by atoms with Crippen molar-refractivity contribution in [1.29, 1.82) is 0 Å². The number of thiocarbonyl (C=S) groups is 1. The molecule has 0 amide bonds. The van der Waals surface area contributed by atoms with Crippen LogP contribution in [-0.4, -0.2) is 4.70 Å². The van der Waals surface area contributed by atoms with E-state index in [1.807, 2.05) is 0 Å². The Kier molecular flexibility index (Phi) is 20.0. The molecule has 0 saturated carbocycles. The quantitative estimate of drug-likeness (QED) is 0.297. The predicted octanol–water partition coefficient (Wildman–Crippen LogP) is 0.488. The third-order valence-corrected chi connectivity index (χ3v) is 0. The van der Waals surface area contributed by atoms with Crippen molar-refractivity contribution >= 4 is 29.5 Å². The van der Waals surface area contributed by atoms with Crippen LogP contribution in [0.2, 0.25) is 0 Å². The van der Waals surface area contributed by atoms with E-state index in [4.69, 9.17) is 0 Å². The Bertz CT molecular complexity index is 13.5. The van der Waals surface area contributed by atoms with Crippen molar-refractivity contribution in [2.24, 2.45) is 0 Å². The second-order valence-corrected chi connectivity index (χ2v) is 0.866. The smallest absolute Gasteiger partial charge is 0 e. The van der Waals surface area contributed by atoms with Gasteiger partial charge in [-0.15, -0.1) is 0 Å². The molecule has 0 unspecified atom stereocenters. The van der Waals surface area contributed by atoms with Crippen LogP contribution in [0.4, 0.5) is 0 Å². The van der Waals surface area contributed by atoms with Crippen LogP contribution >= 0.6 is 12.2 Å². The van der Waals surface area contributed by atoms with E-state index in [2.05, 4.69) is 24.8 Å². The van der Waals surface area contributed by atoms with Crippen molar-refractivity contribution in [3.05, 3.63) is 0 Å². The van der Waals surface area contributed by atoms with Crippen molar-refractivity contribution in [2.45, 2.75) is 0 Å². The Morgan fingerprint density at radius 3 is 1.75 bits per heavy atom. The summed E-state index contributed by atoms with van der Waals surface area (Å²) in [6, 6.07) is 0. The van der Waals surface area contributed by atoms with E-state index in [0.29, 0.717) is 0 Å². The summed E-state index contributed by atoms with van der Waals surface area (Å²) < 4.78 is 1.17. The third kappa shape index (κ3) is 12.0. The summed E-state index contributed by atoms with van der Waals surface area (Å²) in [5.41, 5.74) is 0. The van der Waals surface area contributed by atoms with Gasteiger partial charge >= 0.3 is 0 Å². The average molecular weight is 173 g/mol. The van der Waals surface area contributed by atoms with Crippen molar-refractivity contribution in [2.75, 3.05) is 0 Å². The monoisotopic (exact) mass is 175 g/mol. The van der Waals surface area contributed by atoms with Crippen LogP contribution in [0.3, 0.4) is 0 Å². The molecule has 0 saturated heterocycles. The van der Waals surface area contributed by atoms with Gasteiger partial charge in [0.15, 0.2) is 0 Å². The van der Waals surface area contributed by atoms with Crippen LogP contribution in [0.1, 0.15) is 0 Å². The standard InChI is InChI=1S/CH2S2.Mo/c2-1-3;/h1H,(H,2,3);/p-1. The van der Waals surface area contributed by atoms with E-state index in [0.717, 1.165) is 0 Å². The second kappa shape index (κ2) is 9.00. The zero-order valence-electron chi connectivity index (χ0n) is 1.80. The summed E-state index contributed by atoms with van der Waals surface area (Å²) in [6.45, 7) is 0. The Morgan fingerprint density at radius 2 is 1.75 bits per heavy atom. The fourth-order valence-corrected chi connectivity index (χ4v) is 0. The van der Waals surface area contributed by atoms with Gasteiger partial charge in [0.05, 0.1) is 0 Å². The minimum absolute atomic E-state index is 0. The normalized spacial score (nSPS) is 3.00. The van der Waals surface area contributed by atoms with Gasteiger partial charge in [-0.25, -0.2) is 0 Å². The maximum absolute atomic E-state index is 4.08. The summed E-state index contributed by atoms with van der Waals surface area (Å²) in [7, 11) is 0. The van der Waals surface area contributed by atoms with Crippen molar-refractivity contribution < 1.29 is 21.1 Å². The van der Waals surface area contributed by atoms with Crippen molar-refractivity contribution in [3.63, 3.8) is 0 Å². The molecule has 0 aromatic carbocycles. The van der Waals surface area contributed by atoms with Crippen LogP contribution in [0.25, 0.3) is 0 Å². The summed E-state index contributed by atoms with van der Waals surface area (Å²) in [5, 5.41) is 0. The first-order chi connectivity index (χ1) is 1.41. The molecule has 0 N–H and O–H groups in total. The second-order valence-electron chi connectivity index (χ2n) is 0.0962. The van der Waals surface area contributed by atoms with Gasteiger partial charge in [-0.2, -0.15) is 4.70 Å². The molecule has 0 aliphatic rings. The molecule has 0 spiro atoms. The molecule has 0 aromatic heterocycles. The van der Waals surface area contributed by atoms with E-state index in [1.54, 1.807) is 0 Å². The first-order valence-corrected chi connectivity index (χ1v) is 1.41. The number of hydrogen-bond donors (Lipinski definition) is 0. The van der Waals surface area contributed by atoms with Gasteiger partial charge in [-0.05, 0) is 0 Å². The fourth-order valence-electron chi connectivity index (χ4n) is 0. The van der Waals surface area contributed by atoms with E-state index in [-0.39, 0.29) is 21.1 Å². The molecule has 0 aliphatic heterocycles. The van der Waals surface area contributed by atoms with Gasteiger partial charge in [0.25, 0.3) is 0 Å². The summed E-state index contributed by atoms with van der Waals surface area (Å²) >= 11 is 8.17. The van der Waals surface area contributed by atoms with Gasteiger partial charge in [0.2, 0.25) is 0 Å².